The Bertz CT molecular complexity index is 740. The predicted molar refractivity (Wildman–Crippen MR) is 105 cm³/mol. The molecule has 0 atom stereocenters. The molecule has 0 bridgehead atoms. The molecule has 6 nitrogen and oxygen atoms in total. The molecule has 0 aromatic heterocycles. The Labute approximate surface area is 159 Å². The van der Waals surface area contributed by atoms with Crippen LogP contribution in [0.25, 0.3) is 0 Å². The number of ether oxygens (including phenoxy) is 2. The first-order valence-electron chi connectivity index (χ1n) is 8.89. The smallest absolute Gasteiger partial charge is 0.262 e. The van der Waals surface area contributed by atoms with Gasteiger partial charge in [-0.2, -0.15) is 0 Å². The monoisotopic (exact) mass is 370 g/mol. The van der Waals surface area contributed by atoms with Crippen molar-refractivity contribution in [2.45, 2.75) is 19.8 Å². The Morgan fingerprint density at radius 3 is 2.26 bits per heavy atom. The molecule has 2 amide bonds. The second kappa shape index (κ2) is 10.3. The molecule has 0 radical (unpaired) electrons. The SMILES string of the molecule is COCCNC(=O)c1ccc(NC(=O)COc2ccc(C(C)C)cc2)cc1. The zero-order valence-electron chi connectivity index (χ0n) is 16.0. The van der Waals surface area contributed by atoms with E-state index in [1.807, 2.05) is 24.3 Å². The van der Waals surface area contributed by atoms with Crippen LogP contribution in [0.4, 0.5) is 5.69 Å². The Morgan fingerprint density at radius 2 is 1.67 bits per heavy atom. The van der Waals surface area contributed by atoms with Gasteiger partial charge in [0, 0.05) is 24.9 Å². The molecule has 6 heteroatoms. The first-order valence-corrected chi connectivity index (χ1v) is 8.89. The maximum Gasteiger partial charge on any atom is 0.262 e. The summed E-state index contributed by atoms with van der Waals surface area (Å²) in [5, 5.41) is 5.48. The molecule has 2 aromatic carbocycles. The van der Waals surface area contributed by atoms with Crippen molar-refractivity contribution < 1.29 is 19.1 Å². The molecule has 144 valence electrons. The minimum absolute atomic E-state index is 0.0831. The Balaban J connectivity index is 1.80. The summed E-state index contributed by atoms with van der Waals surface area (Å²) in [6, 6.07) is 14.4. The van der Waals surface area contributed by atoms with E-state index in [0.29, 0.717) is 36.1 Å². The minimum Gasteiger partial charge on any atom is -0.484 e. The van der Waals surface area contributed by atoms with E-state index < -0.39 is 0 Å². The highest BCUT2D eigenvalue weighted by atomic mass is 16.5. The van der Waals surface area contributed by atoms with Gasteiger partial charge in [0.05, 0.1) is 6.61 Å². The molecule has 0 saturated carbocycles. The van der Waals surface area contributed by atoms with Crippen LogP contribution in [0.15, 0.2) is 48.5 Å². The van der Waals surface area contributed by atoms with Crippen LogP contribution < -0.4 is 15.4 Å². The van der Waals surface area contributed by atoms with Crippen LogP contribution in [0.1, 0.15) is 35.7 Å². The van der Waals surface area contributed by atoms with Crippen molar-refractivity contribution in [3.63, 3.8) is 0 Å². The number of nitrogens with one attached hydrogen (secondary N) is 2. The molecular formula is C21H26N2O4. The van der Waals surface area contributed by atoms with Crippen molar-refractivity contribution in [1.82, 2.24) is 5.32 Å². The van der Waals surface area contributed by atoms with Gasteiger partial charge in [0.15, 0.2) is 6.61 Å². The molecule has 0 saturated heterocycles. The fourth-order valence-electron chi connectivity index (χ4n) is 2.37. The van der Waals surface area contributed by atoms with Crippen LogP contribution in [-0.2, 0) is 9.53 Å². The lowest BCUT2D eigenvalue weighted by atomic mass is 10.0. The minimum atomic E-state index is -0.264. The molecule has 27 heavy (non-hydrogen) atoms. The van der Waals surface area contributed by atoms with E-state index in [2.05, 4.69) is 24.5 Å². The quantitative estimate of drug-likeness (QED) is 0.665. The maximum atomic E-state index is 12.0. The molecule has 2 N–H and O–H groups in total. The third kappa shape index (κ3) is 6.75. The zero-order chi connectivity index (χ0) is 19.6. The lowest BCUT2D eigenvalue weighted by molar-refractivity contribution is -0.118. The van der Waals surface area contributed by atoms with Gasteiger partial charge < -0.3 is 20.1 Å². The second-order valence-corrected chi connectivity index (χ2v) is 6.39. The summed E-state index contributed by atoms with van der Waals surface area (Å²) >= 11 is 0. The number of anilines is 1. The lowest BCUT2D eigenvalue weighted by Gasteiger charge is -2.10. The van der Waals surface area contributed by atoms with Gasteiger partial charge in [0.2, 0.25) is 0 Å². The number of benzene rings is 2. The fraction of sp³-hybridized carbons (Fsp3) is 0.333. The van der Waals surface area contributed by atoms with Crippen molar-refractivity contribution in [2.24, 2.45) is 0 Å². The molecule has 0 heterocycles. The van der Waals surface area contributed by atoms with Gasteiger partial charge in [0.25, 0.3) is 11.8 Å². The topological polar surface area (TPSA) is 76.7 Å². The van der Waals surface area contributed by atoms with E-state index >= 15 is 0 Å². The van der Waals surface area contributed by atoms with Crippen molar-refractivity contribution >= 4 is 17.5 Å². The lowest BCUT2D eigenvalue weighted by Crippen LogP contribution is -2.26. The van der Waals surface area contributed by atoms with Crippen molar-refractivity contribution in [1.29, 1.82) is 0 Å². The number of methoxy groups -OCH3 is 1. The van der Waals surface area contributed by atoms with Crippen LogP contribution in [0, 0.1) is 0 Å². The zero-order valence-corrected chi connectivity index (χ0v) is 16.0. The van der Waals surface area contributed by atoms with E-state index in [-0.39, 0.29) is 18.4 Å². The van der Waals surface area contributed by atoms with Crippen LogP contribution >= 0.6 is 0 Å². The first kappa shape index (κ1) is 20.5. The average molecular weight is 370 g/mol. The first-order chi connectivity index (χ1) is 13.0. The van der Waals surface area contributed by atoms with Gasteiger partial charge in [-0.3, -0.25) is 9.59 Å². The summed E-state index contributed by atoms with van der Waals surface area (Å²) < 4.78 is 10.4. The molecule has 0 aliphatic rings. The fourth-order valence-corrected chi connectivity index (χ4v) is 2.37. The van der Waals surface area contributed by atoms with Gasteiger partial charge >= 0.3 is 0 Å². The standard InChI is InChI=1S/C21H26N2O4/c1-15(2)16-6-10-19(11-7-16)27-14-20(24)23-18-8-4-17(5-9-18)21(25)22-12-13-26-3/h4-11,15H,12-14H2,1-3H3,(H,22,25)(H,23,24). The van der Waals surface area contributed by atoms with Crippen LogP contribution in [0.3, 0.4) is 0 Å². The number of rotatable bonds is 9. The van der Waals surface area contributed by atoms with Gasteiger partial charge in [-0.05, 0) is 47.9 Å². The Morgan fingerprint density at radius 1 is 1.00 bits per heavy atom. The molecule has 2 rings (SSSR count). The van der Waals surface area contributed by atoms with Crippen molar-refractivity contribution in [2.75, 3.05) is 32.2 Å². The number of amides is 2. The van der Waals surface area contributed by atoms with Crippen LogP contribution in [-0.4, -0.2) is 38.7 Å². The van der Waals surface area contributed by atoms with E-state index in [1.54, 1.807) is 31.4 Å². The Kier molecular flexibility index (Phi) is 7.82. The highest BCUT2D eigenvalue weighted by Gasteiger charge is 2.07. The molecule has 2 aromatic rings. The summed E-state index contributed by atoms with van der Waals surface area (Å²) in [5.74, 6) is 0.656. The molecule has 0 unspecified atom stereocenters. The van der Waals surface area contributed by atoms with Crippen LogP contribution in [0.2, 0.25) is 0 Å². The number of carbonyl (C=O) groups excluding carboxylic acids is 2. The highest BCUT2D eigenvalue weighted by molar-refractivity contribution is 5.96. The van der Waals surface area contributed by atoms with Gasteiger partial charge in [-0.15, -0.1) is 0 Å². The van der Waals surface area contributed by atoms with E-state index in [4.69, 9.17) is 9.47 Å². The average Bonchev–Trinajstić information content (AvgIpc) is 2.67. The highest BCUT2D eigenvalue weighted by Crippen LogP contribution is 2.18. The van der Waals surface area contributed by atoms with Gasteiger partial charge in [-0.1, -0.05) is 26.0 Å². The summed E-state index contributed by atoms with van der Waals surface area (Å²) in [7, 11) is 1.58. The van der Waals surface area contributed by atoms with Gasteiger partial charge in [0.1, 0.15) is 5.75 Å². The van der Waals surface area contributed by atoms with Crippen LogP contribution in [0.5, 0.6) is 5.75 Å². The summed E-state index contributed by atoms with van der Waals surface area (Å²) in [6.45, 7) is 5.07. The van der Waals surface area contributed by atoms with E-state index in [9.17, 15) is 9.59 Å². The third-order valence-corrected chi connectivity index (χ3v) is 3.94. The number of hydrogen-bond acceptors (Lipinski definition) is 4. The maximum absolute atomic E-state index is 12.0. The molecular weight excluding hydrogens is 344 g/mol. The Hall–Kier alpha value is -2.86. The largest absolute Gasteiger partial charge is 0.484 e. The van der Waals surface area contributed by atoms with Crippen molar-refractivity contribution in [3.05, 3.63) is 59.7 Å². The second-order valence-electron chi connectivity index (χ2n) is 6.39. The molecule has 0 aliphatic carbocycles. The van der Waals surface area contributed by atoms with Crippen molar-refractivity contribution in [3.8, 4) is 5.75 Å². The normalized spacial score (nSPS) is 10.5. The van der Waals surface area contributed by atoms with E-state index in [0.717, 1.165) is 0 Å². The van der Waals surface area contributed by atoms with Gasteiger partial charge in [-0.25, -0.2) is 0 Å². The summed E-state index contributed by atoms with van der Waals surface area (Å²) in [6.07, 6.45) is 0. The van der Waals surface area contributed by atoms with E-state index in [1.165, 1.54) is 5.56 Å². The summed E-state index contributed by atoms with van der Waals surface area (Å²) in [5.41, 5.74) is 2.34. The third-order valence-electron chi connectivity index (χ3n) is 3.94. The molecule has 0 spiro atoms. The molecule has 0 fully saturated rings. The predicted octanol–water partition coefficient (Wildman–Crippen LogP) is 3.20. The number of carbonyl (C=O) groups is 2. The summed E-state index contributed by atoms with van der Waals surface area (Å²) in [4.78, 5) is 23.9. The molecule has 0 aliphatic heterocycles. The number of hydrogen-bond donors (Lipinski definition) is 2.